The lowest BCUT2D eigenvalue weighted by Gasteiger charge is -2.25. The number of para-hydroxylation sites is 2. The molecule has 5 rings (SSSR count). The number of nitrogens with zero attached hydrogens (tertiary/aromatic N) is 5. The summed E-state index contributed by atoms with van der Waals surface area (Å²) in [4.78, 5) is 14.6. The first-order valence-corrected chi connectivity index (χ1v) is 9.45. The smallest absolute Gasteiger partial charge is 0.270 e. The predicted molar refractivity (Wildman–Crippen MR) is 106 cm³/mol. The van der Waals surface area contributed by atoms with Crippen LogP contribution in [0.15, 0.2) is 48.5 Å². The van der Waals surface area contributed by atoms with Crippen molar-refractivity contribution in [1.82, 2.24) is 24.5 Å². The summed E-state index contributed by atoms with van der Waals surface area (Å²) in [5.74, 6) is 0.0101. The van der Waals surface area contributed by atoms with Gasteiger partial charge in [-0.3, -0.25) is 4.79 Å². The second-order valence-electron chi connectivity index (χ2n) is 7.35. The fraction of sp³-hybridized carbons (Fsp3) is 0.286. The lowest BCUT2D eigenvalue weighted by atomic mass is 10.0. The number of carbonyl (C=O) groups excluding carboxylic acids is 1. The number of hydrogen-bond donors (Lipinski definition) is 1. The molecule has 1 amide bonds. The number of aliphatic hydroxyl groups is 1. The van der Waals surface area contributed by atoms with Crippen molar-refractivity contribution in [2.45, 2.75) is 25.6 Å². The maximum Gasteiger partial charge on any atom is 0.270 e. The Labute approximate surface area is 161 Å². The Morgan fingerprint density at radius 3 is 2.68 bits per heavy atom. The summed E-state index contributed by atoms with van der Waals surface area (Å²) in [6, 6.07) is 15.7. The van der Waals surface area contributed by atoms with Crippen molar-refractivity contribution in [3.8, 4) is 0 Å². The van der Waals surface area contributed by atoms with Crippen molar-refractivity contribution >= 4 is 27.8 Å². The minimum Gasteiger partial charge on any atom is -0.389 e. The minimum atomic E-state index is -0.704. The van der Waals surface area contributed by atoms with Gasteiger partial charge >= 0.3 is 0 Å². The minimum absolute atomic E-state index is 0.0101. The fourth-order valence-corrected chi connectivity index (χ4v) is 4.14. The largest absolute Gasteiger partial charge is 0.389 e. The van der Waals surface area contributed by atoms with Gasteiger partial charge in [0.05, 0.1) is 24.7 Å². The van der Waals surface area contributed by atoms with Crippen LogP contribution in [-0.4, -0.2) is 55.2 Å². The van der Waals surface area contributed by atoms with E-state index in [-0.39, 0.29) is 5.91 Å². The molecule has 7 heteroatoms. The van der Waals surface area contributed by atoms with Crippen LogP contribution in [0.25, 0.3) is 21.9 Å². The molecular weight excluding hydrogens is 354 g/mol. The fourth-order valence-electron chi connectivity index (χ4n) is 4.14. The van der Waals surface area contributed by atoms with Crippen LogP contribution < -0.4 is 0 Å². The molecule has 4 aromatic rings. The maximum absolute atomic E-state index is 12.9. The zero-order valence-corrected chi connectivity index (χ0v) is 15.6. The lowest BCUT2D eigenvalue weighted by Crippen LogP contribution is -2.36. The highest BCUT2D eigenvalue weighted by molar-refractivity contribution is 6.02. The molecule has 7 nitrogen and oxygen atoms in total. The van der Waals surface area contributed by atoms with E-state index in [2.05, 4.69) is 16.4 Å². The third-order valence-corrected chi connectivity index (χ3v) is 5.52. The van der Waals surface area contributed by atoms with Crippen molar-refractivity contribution in [3.63, 3.8) is 0 Å². The topological polar surface area (TPSA) is 76.2 Å². The van der Waals surface area contributed by atoms with E-state index in [0.29, 0.717) is 25.3 Å². The Morgan fingerprint density at radius 2 is 1.82 bits per heavy atom. The van der Waals surface area contributed by atoms with Crippen LogP contribution in [0.4, 0.5) is 0 Å². The Kier molecular flexibility index (Phi) is 3.91. The van der Waals surface area contributed by atoms with Gasteiger partial charge in [0.25, 0.3) is 5.91 Å². The van der Waals surface area contributed by atoms with Gasteiger partial charge in [0, 0.05) is 24.5 Å². The number of benzene rings is 2. The molecule has 3 heterocycles. The Morgan fingerprint density at radius 1 is 1.07 bits per heavy atom. The number of carbonyl (C=O) groups is 1. The van der Waals surface area contributed by atoms with E-state index in [1.807, 2.05) is 54.1 Å². The van der Waals surface area contributed by atoms with Gasteiger partial charge in [-0.25, -0.2) is 4.68 Å². The molecule has 28 heavy (non-hydrogen) atoms. The van der Waals surface area contributed by atoms with Crippen molar-refractivity contribution in [2.75, 3.05) is 13.6 Å². The second-order valence-corrected chi connectivity index (χ2v) is 7.35. The van der Waals surface area contributed by atoms with E-state index in [0.717, 1.165) is 33.9 Å². The zero-order chi connectivity index (χ0) is 19.3. The average Bonchev–Trinajstić information content (AvgIpc) is 3.25. The molecule has 2 aromatic heterocycles. The molecule has 1 aliphatic heterocycles. The Hall–Kier alpha value is -3.19. The number of hydrogen-bond acceptors (Lipinski definition) is 4. The summed E-state index contributed by atoms with van der Waals surface area (Å²) in [5.41, 5.74) is 4.44. The van der Waals surface area contributed by atoms with E-state index in [1.54, 1.807) is 9.58 Å². The first-order valence-electron chi connectivity index (χ1n) is 9.45. The van der Waals surface area contributed by atoms with Gasteiger partial charge < -0.3 is 14.6 Å². The second kappa shape index (κ2) is 6.45. The van der Waals surface area contributed by atoms with E-state index < -0.39 is 6.10 Å². The van der Waals surface area contributed by atoms with Crippen LogP contribution in [0.1, 0.15) is 16.1 Å². The average molecular weight is 375 g/mol. The van der Waals surface area contributed by atoms with Gasteiger partial charge in [0.1, 0.15) is 11.2 Å². The number of aliphatic hydroxyl groups excluding tert-OH is 1. The van der Waals surface area contributed by atoms with Gasteiger partial charge in [-0.2, -0.15) is 0 Å². The zero-order valence-electron chi connectivity index (χ0n) is 15.6. The van der Waals surface area contributed by atoms with Crippen LogP contribution in [0.5, 0.6) is 0 Å². The van der Waals surface area contributed by atoms with Crippen molar-refractivity contribution in [3.05, 3.63) is 59.8 Å². The lowest BCUT2D eigenvalue weighted by molar-refractivity contribution is 0.0761. The molecule has 0 unspecified atom stereocenters. The van der Waals surface area contributed by atoms with Crippen LogP contribution >= 0.6 is 0 Å². The van der Waals surface area contributed by atoms with Gasteiger partial charge in [0.2, 0.25) is 0 Å². The standard InChI is InChI=1S/C21H21N5O2/c1-24-11-10-16-15-6-2-4-8-18(15)25(20(16)21(24)28)12-14(27)13-26-19-9-5-3-7-17(19)22-23-26/h2-9,14,27H,10-13H2,1H3/t14-/m0/s1. The van der Waals surface area contributed by atoms with E-state index in [4.69, 9.17) is 0 Å². The molecule has 1 N–H and O–H groups in total. The first kappa shape index (κ1) is 16.9. The van der Waals surface area contributed by atoms with Crippen molar-refractivity contribution in [2.24, 2.45) is 0 Å². The number of rotatable bonds is 4. The number of fused-ring (bicyclic) bond motifs is 4. The van der Waals surface area contributed by atoms with E-state index in [9.17, 15) is 9.90 Å². The molecule has 1 atom stereocenters. The summed E-state index contributed by atoms with van der Waals surface area (Å²) >= 11 is 0. The third-order valence-electron chi connectivity index (χ3n) is 5.52. The predicted octanol–water partition coefficient (Wildman–Crippen LogP) is 2.08. The number of likely N-dealkylation sites (N-methyl/N-ethyl adjacent to an activating group) is 1. The van der Waals surface area contributed by atoms with Crippen LogP contribution in [-0.2, 0) is 19.5 Å². The molecule has 2 aromatic carbocycles. The Balaban J connectivity index is 1.52. The quantitative estimate of drug-likeness (QED) is 0.593. The molecule has 0 saturated carbocycles. The Bertz CT molecular complexity index is 1190. The molecule has 0 bridgehead atoms. The monoisotopic (exact) mass is 375 g/mol. The van der Waals surface area contributed by atoms with Crippen LogP contribution in [0.2, 0.25) is 0 Å². The van der Waals surface area contributed by atoms with E-state index >= 15 is 0 Å². The highest BCUT2D eigenvalue weighted by atomic mass is 16.3. The summed E-state index contributed by atoms with van der Waals surface area (Å²) in [5, 5.41) is 20.2. The first-order chi connectivity index (χ1) is 13.6. The molecule has 1 aliphatic rings. The van der Waals surface area contributed by atoms with E-state index in [1.165, 1.54) is 0 Å². The molecule has 142 valence electrons. The van der Waals surface area contributed by atoms with Crippen LogP contribution in [0.3, 0.4) is 0 Å². The molecular formula is C21H21N5O2. The normalized spacial score (nSPS) is 15.4. The number of amides is 1. The summed E-state index contributed by atoms with van der Waals surface area (Å²) in [6.45, 7) is 1.35. The third kappa shape index (κ3) is 2.58. The summed E-state index contributed by atoms with van der Waals surface area (Å²) in [6.07, 6.45) is 0.125. The van der Waals surface area contributed by atoms with Gasteiger partial charge in [0.15, 0.2) is 0 Å². The SMILES string of the molecule is CN1CCc2c(n(C[C@H](O)Cn3nnc4ccccc43)c3ccccc23)C1=O. The highest BCUT2D eigenvalue weighted by Gasteiger charge is 2.29. The highest BCUT2D eigenvalue weighted by Crippen LogP contribution is 2.30. The molecule has 0 fully saturated rings. The van der Waals surface area contributed by atoms with Crippen LogP contribution in [0, 0.1) is 0 Å². The maximum atomic E-state index is 12.9. The van der Waals surface area contributed by atoms with Crippen molar-refractivity contribution in [1.29, 1.82) is 0 Å². The number of aromatic nitrogens is 4. The van der Waals surface area contributed by atoms with Crippen molar-refractivity contribution < 1.29 is 9.90 Å². The molecule has 0 aliphatic carbocycles. The molecule has 0 saturated heterocycles. The summed E-state index contributed by atoms with van der Waals surface area (Å²) < 4.78 is 3.68. The summed E-state index contributed by atoms with van der Waals surface area (Å²) in [7, 11) is 1.82. The van der Waals surface area contributed by atoms with Gasteiger partial charge in [-0.1, -0.05) is 35.5 Å². The van der Waals surface area contributed by atoms with Gasteiger partial charge in [-0.15, -0.1) is 5.10 Å². The van der Waals surface area contributed by atoms with Gasteiger partial charge in [-0.05, 0) is 30.2 Å². The molecule has 0 spiro atoms. The molecule has 0 radical (unpaired) electrons.